The van der Waals surface area contributed by atoms with Crippen molar-refractivity contribution in [2.75, 3.05) is 18.5 Å². The summed E-state index contributed by atoms with van der Waals surface area (Å²) in [6.07, 6.45) is 0. The van der Waals surface area contributed by atoms with Gasteiger partial charge < -0.3 is 9.47 Å². The minimum atomic E-state index is -0.207. The van der Waals surface area contributed by atoms with E-state index >= 15 is 0 Å². The number of thiazole rings is 1. The number of aromatic nitrogens is 1. The van der Waals surface area contributed by atoms with Gasteiger partial charge in [-0.05, 0) is 43.2 Å². The van der Waals surface area contributed by atoms with Gasteiger partial charge in [0, 0.05) is 5.56 Å². The summed E-state index contributed by atoms with van der Waals surface area (Å²) in [5.74, 6) is 1.07. The van der Waals surface area contributed by atoms with Crippen LogP contribution in [0.1, 0.15) is 21.5 Å². The summed E-state index contributed by atoms with van der Waals surface area (Å²) in [4.78, 5) is 17.1. The maximum atomic E-state index is 12.5. The Morgan fingerprint density at radius 1 is 1.08 bits per heavy atom. The van der Waals surface area contributed by atoms with Crippen LogP contribution in [0.15, 0.2) is 30.3 Å². The maximum absolute atomic E-state index is 12.5. The molecule has 4 rings (SSSR count). The van der Waals surface area contributed by atoms with Crippen molar-refractivity contribution < 1.29 is 14.3 Å². The molecule has 122 valence electrons. The van der Waals surface area contributed by atoms with Crippen molar-refractivity contribution >= 4 is 32.6 Å². The van der Waals surface area contributed by atoms with Gasteiger partial charge in [0.15, 0.2) is 16.6 Å². The van der Waals surface area contributed by atoms with E-state index in [1.165, 1.54) is 11.3 Å². The molecule has 5 nitrogen and oxygen atoms in total. The first-order valence-electron chi connectivity index (χ1n) is 7.69. The Balaban J connectivity index is 1.62. The lowest BCUT2D eigenvalue weighted by molar-refractivity contribution is 0.102. The molecule has 1 aliphatic rings. The third-order valence-electron chi connectivity index (χ3n) is 3.97. The average Bonchev–Trinajstić information content (AvgIpc) is 3.03. The monoisotopic (exact) mass is 340 g/mol. The Kier molecular flexibility index (Phi) is 3.61. The van der Waals surface area contributed by atoms with Crippen molar-refractivity contribution in [2.24, 2.45) is 0 Å². The normalized spacial score (nSPS) is 13.1. The van der Waals surface area contributed by atoms with E-state index < -0.39 is 0 Å². The molecule has 0 unspecified atom stereocenters. The molecule has 0 radical (unpaired) electrons. The molecule has 0 atom stereocenters. The molecule has 1 amide bonds. The van der Waals surface area contributed by atoms with Gasteiger partial charge in [0.05, 0.1) is 10.2 Å². The van der Waals surface area contributed by atoms with Gasteiger partial charge in [-0.25, -0.2) is 4.98 Å². The molecule has 0 fully saturated rings. The predicted molar refractivity (Wildman–Crippen MR) is 94.5 cm³/mol. The number of nitrogens with one attached hydrogen (secondary N) is 1. The molecule has 2 heterocycles. The molecule has 0 aliphatic carbocycles. The summed E-state index contributed by atoms with van der Waals surface area (Å²) >= 11 is 1.49. The van der Waals surface area contributed by atoms with Crippen LogP contribution in [0.25, 0.3) is 10.2 Å². The number of fused-ring (bicyclic) bond motifs is 2. The zero-order valence-corrected chi connectivity index (χ0v) is 14.2. The predicted octanol–water partition coefficient (Wildman–Crippen LogP) is 3.94. The van der Waals surface area contributed by atoms with E-state index in [9.17, 15) is 4.79 Å². The third-order valence-corrected chi connectivity index (χ3v) is 5.07. The molecule has 1 N–H and O–H groups in total. The first-order chi connectivity index (χ1) is 11.6. The van der Waals surface area contributed by atoms with Gasteiger partial charge >= 0.3 is 0 Å². The number of hydrogen-bond donors (Lipinski definition) is 1. The van der Waals surface area contributed by atoms with Gasteiger partial charge in [-0.15, -0.1) is 0 Å². The summed E-state index contributed by atoms with van der Waals surface area (Å²) in [7, 11) is 0. The van der Waals surface area contributed by atoms with Gasteiger partial charge in [-0.1, -0.05) is 23.5 Å². The molecule has 0 spiro atoms. The Labute approximate surface area is 143 Å². The van der Waals surface area contributed by atoms with Crippen LogP contribution in [0.4, 0.5) is 5.13 Å². The minimum absolute atomic E-state index is 0.207. The SMILES string of the molecule is Cc1ccc(C)c2sc(NC(=O)c3ccc4c(c3)OCCO4)nc12. The van der Waals surface area contributed by atoms with E-state index in [0.29, 0.717) is 35.4 Å². The minimum Gasteiger partial charge on any atom is -0.486 e. The van der Waals surface area contributed by atoms with Gasteiger partial charge in [0.25, 0.3) is 5.91 Å². The second-order valence-corrected chi connectivity index (χ2v) is 6.71. The largest absolute Gasteiger partial charge is 0.486 e. The highest BCUT2D eigenvalue weighted by atomic mass is 32.1. The molecule has 2 aromatic carbocycles. The number of hydrogen-bond acceptors (Lipinski definition) is 5. The highest BCUT2D eigenvalue weighted by Gasteiger charge is 2.16. The Morgan fingerprint density at radius 2 is 1.83 bits per heavy atom. The van der Waals surface area contributed by atoms with Crippen molar-refractivity contribution in [1.29, 1.82) is 0 Å². The van der Waals surface area contributed by atoms with E-state index in [2.05, 4.69) is 16.4 Å². The van der Waals surface area contributed by atoms with Gasteiger partial charge in [-0.3, -0.25) is 10.1 Å². The standard InChI is InChI=1S/C18H16N2O3S/c1-10-3-4-11(2)16-15(10)19-18(24-16)20-17(21)12-5-6-13-14(9-12)23-8-7-22-13/h3-6,9H,7-8H2,1-2H3,(H,19,20,21). The molecule has 1 aliphatic heterocycles. The number of anilines is 1. The summed E-state index contributed by atoms with van der Waals surface area (Å²) < 4.78 is 12.1. The van der Waals surface area contributed by atoms with Crippen LogP contribution in [-0.4, -0.2) is 24.1 Å². The summed E-state index contributed by atoms with van der Waals surface area (Å²) in [5.41, 5.74) is 3.73. The lowest BCUT2D eigenvalue weighted by Crippen LogP contribution is -2.17. The fourth-order valence-corrected chi connectivity index (χ4v) is 3.67. The van der Waals surface area contributed by atoms with Crippen molar-refractivity contribution in [1.82, 2.24) is 4.98 Å². The number of benzene rings is 2. The smallest absolute Gasteiger partial charge is 0.257 e. The lowest BCUT2D eigenvalue weighted by Gasteiger charge is -2.18. The van der Waals surface area contributed by atoms with Crippen LogP contribution >= 0.6 is 11.3 Å². The van der Waals surface area contributed by atoms with Crippen LogP contribution < -0.4 is 14.8 Å². The molecule has 1 aromatic heterocycles. The first-order valence-corrected chi connectivity index (χ1v) is 8.51. The zero-order valence-electron chi connectivity index (χ0n) is 13.4. The maximum Gasteiger partial charge on any atom is 0.257 e. The van der Waals surface area contributed by atoms with Crippen LogP contribution in [0.5, 0.6) is 11.5 Å². The summed E-state index contributed by atoms with van der Waals surface area (Å²) in [5, 5.41) is 3.48. The van der Waals surface area contributed by atoms with Crippen LogP contribution in [0, 0.1) is 13.8 Å². The van der Waals surface area contributed by atoms with E-state index in [-0.39, 0.29) is 5.91 Å². The van der Waals surface area contributed by atoms with Crippen LogP contribution in [0.2, 0.25) is 0 Å². The van der Waals surface area contributed by atoms with Gasteiger partial charge in [-0.2, -0.15) is 0 Å². The Hall–Kier alpha value is -2.60. The summed E-state index contributed by atoms with van der Waals surface area (Å²) in [6, 6.07) is 9.31. The lowest BCUT2D eigenvalue weighted by atomic mass is 10.1. The number of rotatable bonds is 2. The number of carbonyl (C=O) groups excluding carboxylic acids is 1. The zero-order chi connectivity index (χ0) is 16.7. The fourth-order valence-electron chi connectivity index (χ4n) is 2.67. The molecule has 0 saturated carbocycles. The quantitative estimate of drug-likeness (QED) is 0.768. The van der Waals surface area contributed by atoms with Crippen LogP contribution in [-0.2, 0) is 0 Å². The van der Waals surface area contributed by atoms with Crippen molar-refractivity contribution in [3.8, 4) is 11.5 Å². The molecule has 6 heteroatoms. The van der Waals surface area contributed by atoms with Crippen LogP contribution in [0.3, 0.4) is 0 Å². The molecule has 0 saturated heterocycles. The number of nitrogens with zero attached hydrogens (tertiary/aromatic N) is 1. The van der Waals surface area contributed by atoms with E-state index in [1.807, 2.05) is 19.9 Å². The summed E-state index contributed by atoms with van der Waals surface area (Å²) in [6.45, 7) is 5.09. The van der Waals surface area contributed by atoms with E-state index in [4.69, 9.17) is 9.47 Å². The van der Waals surface area contributed by atoms with E-state index in [0.717, 1.165) is 21.3 Å². The van der Waals surface area contributed by atoms with E-state index in [1.54, 1.807) is 18.2 Å². The second kappa shape index (κ2) is 5.79. The Morgan fingerprint density at radius 3 is 2.62 bits per heavy atom. The number of carbonyl (C=O) groups is 1. The fraction of sp³-hybridized carbons (Fsp3) is 0.222. The number of ether oxygens (including phenoxy) is 2. The number of aryl methyl sites for hydroxylation is 2. The molecule has 24 heavy (non-hydrogen) atoms. The highest BCUT2D eigenvalue weighted by molar-refractivity contribution is 7.22. The van der Waals surface area contributed by atoms with Gasteiger partial charge in [0.1, 0.15) is 13.2 Å². The first kappa shape index (κ1) is 15.0. The van der Waals surface area contributed by atoms with Gasteiger partial charge in [0.2, 0.25) is 0 Å². The van der Waals surface area contributed by atoms with Crippen molar-refractivity contribution in [2.45, 2.75) is 13.8 Å². The number of amides is 1. The average molecular weight is 340 g/mol. The van der Waals surface area contributed by atoms with Crippen molar-refractivity contribution in [3.63, 3.8) is 0 Å². The molecular formula is C18H16N2O3S. The molecular weight excluding hydrogens is 324 g/mol. The van der Waals surface area contributed by atoms with Crippen molar-refractivity contribution in [3.05, 3.63) is 47.0 Å². The topological polar surface area (TPSA) is 60.5 Å². The second-order valence-electron chi connectivity index (χ2n) is 5.71. The highest BCUT2D eigenvalue weighted by Crippen LogP contribution is 2.33. The third kappa shape index (κ3) is 2.59. The molecule has 0 bridgehead atoms. The molecule has 3 aromatic rings. The Bertz CT molecular complexity index is 910.